The Kier molecular flexibility index (Phi) is 4.32. The molecule has 0 aliphatic heterocycles. The fraction of sp³-hybridized carbons (Fsp3) is 0.429. The standard InChI is InChI=1S/C14H18O5/c1-8-5-6-10(7-11(15)16)12(9(8)2)14(3,19-4)13(17)18/h5-6H,7H2,1-4H3,(H,15,16)(H,17,18). The number of benzene rings is 1. The van der Waals surface area contributed by atoms with Crippen molar-refractivity contribution in [3.63, 3.8) is 0 Å². The zero-order chi connectivity index (χ0) is 14.8. The molecule has 0 saturated heterocycles. The molecule has 0 saturated carbocycles. The molecule has 0 aromatic heterocycles. The second-order valence-corrected chi connectivity index (χ2v) is 4.65. The number of hydrogen-bond donors (Lipinski definition) is 2. The van der Waals surface area contributed by atoms with E-state index in [-0.39, 0.29) is 6.42 Å². The van der Waals surface area contributed by atoms with Crippen molar-refractivity contribution in [2.45, 2.75) is 32.8 Å². The molecule has 2 N–H and O–H groups in total. The van der Waals surface area contributed by atoms with Gasteiger partial charge in [-0.3, -0.25) is 4.79 Å². The highest BCUT2D eigenvalue weighted by Gasteiger charge is 2.39. The molecule has 0 aliphatic carbocycles. The second-order valence-electron chi connectivity index (χ2n) is 4.65. The topological polar surface area (TPSA) is 83.8 Å². The van der Waals surface area contributed by atoms with E-state index in [2.05, 4.69) is 0 Å². The Bertz CT molecular complexity index is 521. The maximum Gasteiger partial charge on any atom is 0.340 e. The normalized spacial score (nSPS) is 13.9. The van der Waals surface area contributed by atoms with Crippen LogP contribution in [-0.2, 0) is 26.3 Å². The van der Waals surface area contributed by atoms with Gasteiger partial charge in [-0.15, -0.1) is 0 Å². The first-order valence-electron chi connectivity index (χ1n) is 5.84. The van der Waals surface area contributed by atoms with Crippen molar-refractivity contribution in [2.24, 2.45) is 0 Å². The number of hydrogen-bond acceptors (Lipinski definition) is 3. The Morgan fingerprint density at radius 2 is 1.84 bits per heavy atom. The van der Waals surface area contributed by atoms with Gasteiger partial charge in [0.05, 0.1) is 6.42 Å². The van der Waals surface area contributed by atoms with Gasteiger partial charge in [0.2, 0.25) is 0 Å². The van der Waals surface area contributed by atoms with Crippen LogP contribution in [0.2, 0.25) is 0 Å². The summed E-state index contributed by atoms with van der Waals surface area (Å²) in [5.74, 6) is -2.15. The molecule has 1 aromatic rings. The Balaban J connectivity index is 3.58. The molecule has 0 bridgehead atoms. The molecule has 0 spiro atoms. The molecular formula is C14H18O5. The van der Waals surface area contributed by atoms with Crippen LogP contribution < -0.4 is 0 Å². The third-order valence-corrected chi connectivity index (χ3v) is 3.46. The van der Waals surface area contributed by atoms with E-state index >= 15 is 0 Å². The Hall–Kier alpha value is -1.88. The van der Waals surface area contributed by atoms with Gasteiger partial charge in [-0.05, 0) is 37.5 Å². The first-order chi connectivity index (χ1) is 8.74. The number of ether oxygens (including phenoxy) is 1. The van der Waals surface area contributed by atoms with Gasteiger partial charge in [0.15, 0.2) is 5.60 Å². The minimum Gasteiger partial charge on any atom is -0.481 e. The van der Waals surface area contributed by atoms with Crippen LogP contribution in [-0.4, -0.2) is 29.3 Å². The highest BCUT2D eigenvalue weighted by Crippen LogP contribution is 2.33. The smallest absolute Gasteiger partial charge is 0.340 e. The van der Waals surface area contributed by atoms with Gasteiger partial charge >= 0.3 is 11.9 Å². The summed E-state index contributed by atoms with van der Waals surface area (Å²) < 4.78 is 5.15. The average molecular weight is 266 g/mol. The van der Waals surface area contributed by atoms with Gasteiger partial charge in [-0.1, -0.05) is 12.1 Å². The largest absolute Gasteiger partial charge is 0.481 e. The molecule has 1 rings (SSSR count). The number of carboxylic acids is 2. The summed E-state index contributed by atoms with van der Waals surface area (Å²) in [6.45, 7) is 5.06. The van der Waals surface area contributed by atoms with Gasteiger partial charge in [-0.25, -0.2) is 4.79 Å². The van der Waals surface area contributed by atoms with Gasteiger partial charge in [0.1, 0.15) is 0 Å². The van der Waals surface area contributed by atoms with Gasteiger partial charge < -0.3 is 14.9 Å². The summed E-state index contributed by atoms with van der Waals surface area (Å²) in [7, 11) is 1.31. The van der Waals surface area contributed by atoms with Crippen molar-refractivity contribution in [2.75, 3.05) is 7.11 Å². The predicted octanol–water partition coefficient (Wildman–Crippen LogP) is 1.88. The van der Waals surface area contributed by atoms with E-state index in [9.17, 15) is 14.7 Å². The number of rotatable bonds is 5. The lowest BCUT2D eigenvalue weighted by atomic mass is 9.84. The molecule has 1 atom stereocenters. The summed E-state index contributed by atoms with van der Waals surface area (Å²) in [5, 5.41) is 18.3. The third kappa shape index (κ3) is 2.76. The molecule has 0 fully saturated rings. The zero-order valence-electron chi connectivity index (χ0n) is 11.5. The molecule has 19 heavy (non-hydrogen) atoms. The fourth-order valence-electron chi connectivity index (χ4n) is 2.14. The van der Waals surface area contributed by atoms with E-state index in [1.807, 2.05) is 6.92 Å². The second kappa shape index (κ2) is 5.40. The maximum absolute atomic E-state index is 11.5. The van der Waals surface area contributed by atoms with Crippen LogP contribution in [0.15, 0.2) is 12.1 Å². The summed E-state index contributed by atoms with van der Waals surface area (Å²) in [5.41, 5.74) is 0.965. The van der Waals surface area contributed by atoms with E-state index in [1.54, 1.807) is 19.1 Å². The Morgan fingerprint density at radius 1 is 1.26 bits per heavy atom. The Labute approximate surface area is 111 Å². The van der Waals surface area contributed by atoms with Crippen LogP contribution in [0.5, 0.6) is 0 Å². The third-order valence-electron chi connectivity index (χ3n) is 3.46. The number of carbonyl (C=O) groups is 2. The van der Waals surface area contributed by atoms with Crippen molar-refractivity contribution in [1.82, 2.24) is 0 Å². The lowest BCUT2D eigenvalue weighted by Gasteiger charge is -2.28. The van der Waals surface area contributed by atoms with E-state index in [1.165, 1.54) is 14.0 Å². The molecule has 0 radical (unpaired) electrons. The lowest BCUT2D eigenvalue weighted by molar-refractivity contribution is -0.161. The van der Waals surface area contributed by atoms with E-state index < -0.39 is 17.5 Å². The average Bonchev–Trinajstić information content (AvgIpc) is 2.32. The highest BCUT2D eigenvalue weighted by molar-refractivity contribution is 5.81. The monoisotopic (exact) mass is 266 g/mol. The molecule has 0 aliphatic rings. The number of aliphatic carboxylic acids is 2. The number of carboxylic acid groups (broad SMARTS) is 2. The summed E-state index contributed by atoms with van der Waals surface area (Å²) >= 11 is 0. The van der Waals surface area contributed by atoms with Crippen molar-refractivity contribution in [3.8, 4) is 0 Å². The van der Waals surface area contributed by atoms with E-state index in [0.717, 1.165) is 11.1 Å². The van der Waals surface area contributed by atoms with E-state index in [4.69, 9.17) is 9.84 Å². The Morgan fingerprint density at radius 3 is 2.26 bits per heavy atom. The quantitative estimate of drug-likeness (QED) is 0.850. The summed E-state index contributed by atoms with van der Waals surface area (Å²) in [4.78, 5) is 22.4. The predicted molar refractivity (Wildman–Crippen MR) is 69.3 cm³/mol. The van der Waals surface area contributed by atoms with Crippen molar-refractivity contribution in [1.29, 1.82) is 0 Å². The number of aryl methyl sites for hydroxylation is 1. The molecule has 104 valence electrons. The summed E-state index contributed by atoms with van der Waals surface area (Å²) in [6.07, 6.45) is -0.233. The van der Waals surface area contributed by atoms with Crippen LogP contribution in [0.3, 0.4) is 0 Å². The first kappa shape index (κ1) is 15.2. The maximum atomic E-state index is 11.5. The molecule has 5 heteroatoms. The molecule has 1 unspecified atom stereocenters. The van der Waals surface area contributed by atoms with Crippen LogP contribution in [0.1, 0.15) is 29.2 Å². The van der Waals surface area contributed by atoms with Crippen molar-refractivity contribution < 1.29 is 24.5 Å². The van der Waals surface area contributed by atoms with Crippen LogP contribution in [0.4, 0.5) is 0 Å². The molecule has 5 nitrogen and oxygen atoms in total. The van der Waals surface area contributed by atoms with Gasteiger partial charge in [-0.2, -0.15) is 0 Å². The first-order valence-corrected chi connectivity index (χ1v) is 5.84. The van der Waals surface area contributed by atoms with Crippen molar-refractivity contribution >= 4 is 11.9 Å². The highest BCUT2D eigenvalue weighted by atomic mass is 16.5. The van der Waals surface area contributed by atoms with Crippen LogP contribution in [0.25, 0.3) is 0 Å². The molecule has 0 amide bonds. The number of methoxy groups -OCH3 is 1. The summed E-state index contributed by atoms with van der Waals surface area (Å²) in [6, 6.07) is 3.43. The minimum absolute atomic E-state index is 0.233. The molecule has 0 heterocycles. The SMILES string of the molecule is COC(C)(C(=O)O)c1c(CC(=O)O)ccc(C)c1C. The van der Waals surface area contributed by atoms with Gasteiger partial charge in [0, 0.05) is 12.7 Å². The van der Waals surface area contributed by atoms with Crippen LogP contribution >= 0.6 is 0 Å². The van der Waals surface area contributed by atoms with Crippen LogP contribution in [0, 0.1) is 13.8 Å². The zero-order valence-corrected chi connectivity index (χ0v) is 11.5. The lowest BCUT2D eigenvalue weighted by Crippen LogP contribution is -2.36. The minimum atomic E-state index is -1.55. The van der Waals surface area contributed by atoms with E-state index in [0.29, 0.717) is 11.1 Å². The van der Waals surface area contributed by atoms with Crippen molar-refractivity contribution in [3.05, 3.63) is 34.4 Å². The molecular weight excluding hydrogens is 248 g/mol. The fourth-order valence-corrected chi connectivity index (χ4v) is 2.14. The van der Waals surface area contributed by atoms with Gasteiger partial charge in [0.25, 0.3) is 0 Å². The molecule has 1 aromatic carbocycles.